The highest BCUT2D eigenvalue weighted by atomic mass is 79.9. The van der Waals surface area contributed by atoms with E-state index in [1.807, 2.05) is 24.3 Å². The van der Waals surface area contributed by atoms with Crippen LogP contribution in [-0.2, 0) is 4.74 Å². The van der Waals surface area contributed by atoms with Crippen molar-refractivity contribution in [3.8, 4) is 11.5 Å². The zero-order chi connectivity index (χ0) is 22.2. The largest absolute Gasteiger partial charge is 0.506 e. The Labute approximate surface area is 197 Å². The molecule has 3 N–H and O–H groups in total. The first-order valence-electron chi connectivity index (χ1n) is 9.51. The van der Waals surface area contributed by atoms with Crippen molar-refractivity contribution >= 4 is 43.6 Å². The van der Waals surface area contributed by atoms with Crippen molar-refractivity contribution in [2.45, 2.75) is 18.6 Å². The van der Waals surface area contributed by atoms with Crippen LogP contribution in [0.3, 0.4) is 0 Å². The second-order valence-corrected chi connectivity index (χ2v) is 8.39. The number of anilines is 1. The fraction of sp³-hybridized carbons (Fsp3) is 0.174. The van der Waals surface area contributed by atoms with E-state index in [-0.39, 0.29) is 18.8 Å². The molecule has 3 rings (SSSR count). The highest BCUT2D eigenvalue weighted by molar-refractivity contribution is 9.11. The SMILES string of the molecule is O=C(Nc1ccccc1)O[C@H](c1cc(Br)cc(Br)c1O)[C@@H](CCO)Oc1ccccc1. The average Bonchev–Trinajstić information content (AvgIpc) is 2.76. The van der Waals surface area contributed by atoms with E-state index in [4.69, 9.17) is 9.47 Å². The van der Waals surface area contributed by atoms with E-state index in [1.54, 1.807) is 48.5 Å². The molecule has 162 valence electrons. The molecule has 0 aliphatic carbocycles. The molecule has 0 spiro atoms. The lowest BCUT2D eigenvalue weighted by Gasteiger charge is -2.28. The maximum absolute atomic E-state index is 12.7. The summed E-state index contributed by atoms with van der Waals surface area (Å²) in [5.41, 5.74) is 0.896. The number of rotatable bonds is 8. The fourth-order valence-corrected chi connectivity index (χ4v) is 4.26. The molecule has 0 aliphatic heterocycles. The van der Waals surface area contributed by atoms with Gasteiger partial charge in [0, 0.05) is 28.8 Å². The molecule has 3 aromatic carbocycles. The van der Waals surface area contributed by atoms with Crippen molar-refractivity contribution in [2.24, 2.45) is 0 Å². The second kappa shape index (κ2) is 11.2. The van der Waals surface area contributed by atoms with Gasteiger partial charge in [0.15, 0.2) is 6.10 Å². The molecule has 0 bridgehead atoms. The molecule has 6 nitrogen and oxygen atoms in total. The Morgan fingerprint density at radius 2 is 1.65 bits per heavy atom. The first-order chi connectivity index (χ1) is 15.0. The van der Waals surface area contributed by atoms with Crippen LogP contribution < -0.4 is 10.1 Å². The smallest absolute Gasteiger partial charge is 0.412 e. The molecule has 0 heterocycles. The third-order valence-electron chi connectivity index (χ3n) is 4.40. The Balaban J connectivity index is 1.95. The van der Waals surface area contributed by atoms with Crippen molar-refractivity contribution in [1.82, 2.24) is 0 Å². The minimum atomic E-state index is -1.01. The molecule has 2 atom stereocenters. The first-order valence-corrected chi connectivity index (χ1v) is 11.1. The Morgan fingerprint density at radius 1 is 1.00 bits per heavy atom. The molecule has 31 heavy (non-hydrogen) atoms. The third-order valence-corrected chi connectivity index (χ3v) is 5.46. The van der Waals surface area contributed by atoms with Gasteiger partial charge in [-0.15, -0.1) is 0 Å². The first kappa shape index (κ1) is 23.1. The van der Waals surface area contributed by atoms with E-state index in [2.05, 4.69) is 37.2 Å². The number of aliphatic hydroxyl groups excluding tert-OH is 1. The lowest BCUT2D eigenvalue weighted by molar-refractivity contribution is 0.00792. The van der Waals surface area contributed by atoms with Gasteiger partial charge in [0.2, 0.25) is 0 Å². The number of nitrogens with one attached hydrogen (secondary N) is 1. The van der Waals surface area contributed by atoms with E-state index in [0.29, 0.717) is 25.9 Å². The Bertz CT molecular complexity index is 1000. The zero-order valence-corrected chi connectivity index (χ0v) is 19.5. The second-order valence-electron chi connectivity index (χ2n) is 6.62. The van der Waals surface area contributed by atoms with Crippen molar-refractivity contribution in [1.29, 1.82) is 0 Å². The van der Waals surface area contributed by atoms with Crippen molar-refractivity contribution < 1.29 is 24.5 Å². The van der Waals surface area contributed by atoms with E-state index in [1.165, 1.54) is 0 Å². The summed E-state index contributed by atoms with van der Waals surface area (Å²) >= 11 is 6.72. The van der Waals surface area contributed by atoms with Crippen LogP contribution in [0, 0.1) is 0 Å². The van der Waals surface area contributed by atoms with Crippen LogP contribution in [0.15, 0.2) is 81.7 Å². The Kier molecular flexibility index (Phi) is 8.34. The molecular formula is C23H21Br2NO5. The highest BCUT2D eigenvalue weighted by Gasteiger charge is 2.32. The number of hydrogen-bond acceptors (Lipinski definition) is 5. The summed E-state index contributed by atoms with van der Waals surface area (Å²) in [6.45, 7) is -0.201. The van der Waals surface area contributed by atoms with Gasteiger partial charge in [-0.05, 0) is 52.3 Å². The zero-order valence-electron chi connectivity index (χ0n) is 16.4. The predicted octanol–water partition coefficient (Wildman–Crippen LogP) is 6.04. The van der Waals surface area contributed by atoms with Crippen molar-refractivity contribution in [2.75, 3.05) is 11.9 Å². The molecule has 0 unspecified atom stereocenters. The molecule has 0 fully saturated rings. The number of halogens is 2. The van der Waals surface area contributed by atoms with Crippen LogP contribution in [0.5, 0.6) is 11.5 Å². The molecule has 0 saturated heterocycles. The van der Waals surface area contributed by atoms with E-state index in [0.717, 1.165) is 0 Å². The van der Waals surface area contributed by atoms with Gasteiger partial charge in [-0.1, -0.05) is 52.3 Å². The predicted molar refractivity (Wildman–Crippen MR) is 125 cm³/mol. The average molecular weight is 551 g/mol. The van der Waals surface area contributed by atoms with Gasteiger partial charge in [0.05, 0.1) is 4.47 Å². The van der Waals surface area contributed by atoms with Gasteiger partial charge in [0.25, 0.3) is 0 Å². The van der Waals surface area contributed by atoms with Crippen LogP contribution in [0.4, 0.5) is 10.5 Å². The molecule has 3 aromatic rings. The van der Waals surface area contributed by atoms with Gasteiger partial charge in [-0.3, -0.25) is 5.32 Å². The number of ether oxygens (including phenoxy) is 2. The summed E-state index contributed by atoms with van der Waals surface area (Å²) in [5, 5.41) is 23.0. The number of benzene rings is 3. The van der Waals surface area contributed by atoms with Gasteiger partial charge in [-0.2, -0.15) is 0 Å². The lowest BCUT2D eigenvalue weighted by Crippen LogP contribution is -2.32. The Morgan fingerprint density at radius 3 is 2.29 bits per heavy atom. The van der Waals surface area contributed by atoms with Gasteiger partial charge in [-0.25, -0.2) is 4.79 Å². The normalized spacial score (nSPS) is 12.6. The molecular weight excluding hydrogens is 530 g/mol. The number of aromatic hydroxyl groups is 1. The minimum Gasteiger partial charge on any atom is -0.506 e. The third kappa shape index (κ3) is 6.46. The summed E-state index contributed by atoms with van der Waals surface area (Å²) in [6, 6.07) is 21.2. The topological polar surface area (TPSA) is 88.0 Å². The molecule has 0 aliphatic rings. The molecule has 0 radical (unpaired) electrons. The maximum atomic E-state index is 12.7. The standard InChI is InChI=1S/C23H21Br2NO5/c24-15-13-18(21(28)19(25)14-15)22(31-23(29)26-16-7-3-1-4-8-16)20(11-12-27)30-17-9-5-2-6-10-17/h1-10,13-14,20,22,27-28H,11-12H2,(H,26,29)/t20-,22-/m1/s1. The van der Waals surface area contributed by atoms with Crippen LogP contribution in [0.1, 0.15) is 18.1 Å². The van der Waals surface area contributed by atoms with Crippen molar-refractivity contribution in [3.05, 3.63) is 87.3 Å². The number of para-hydroxylation sites is 2. The van der Waals surface area contributed by atoms with E-state index >= 15 is 0 Å². The monoisotopic (exact) mass is 549 g/mol. The molecule has 1 amide bonds. The van der Waals surface area contributed by atoms with Gasteiger partial charge < -0.3 is 19.7 Å². The summed E-state index contributed by atoms with van der Waals surface area (Å²) in [4.78, 5) is 12.7. The maximum Gasteiger partial charge on any atom is 0.412 e. The van der Waals surface area contributed by atoms with E-state index in [9.17, 15) is 15.0 Å². The van der Waals surface area contributed by atoms with Crippen LogP contribution >= 0.6 is 31.9 Å². The van der Waals surface area contributed by atoms with Crippen LogP contribution in [-0.4, -0.2) is 29.0 Å². The summed E-state index contributed by atoms with van der Waals surface area (Å²) in [7, 11) is 0. The number of aliphatic hydroxyl groups is 1. The minimum absolute atomic E-state index is 0.0830. The Hall–Kier alpha value is -2.55. The van der Waals surface area contributed by atoms with Gasteiger partial charge in [0.1, 0.15) is 17.6 Å². The number of phenols is 1. The quantitative estimate of drug-likeness (QED) is 0.318. The van der Waals surface area contributed by atoms with Gasteiger partial charge >= 0.3 is 6.09 Å². The highest BCUT2D eigenvalue weighted by Crippen LogP contribution is 2.39. The molecule has 8 heteroatoms. The fourth-order valence-electron chi connectivity index (χ4n) is 3.00. The molecule has 0 saturated carbocycles. The summed E-state index contributed by atoms with van der Waals surface area (Å²) in [5.74, 6) is 0.465. The number of hydrogen-bond donors (Lipinski definition) is 3. The lowest BCUT2D eigenvalue weighted by atomic mass is 10.0. The summed E-state index contributed by atoms with van der Waals surface area (Å²) in [6.07, 6.45) is -2.32. The number of amides is 1. The van der Waals surface area contributed by atoms with Crippen LogP contribution in [0.25, 0.3) is 0 Å². The molecule has 0 aromatic heterocycles. The number of phenolic OH excluding ortho intramolecular Hbond substituents is 1. The van der Waals surface area contributed by atoms with Crippen LogP contribution in [0.2, 0.25) is 0 Å². The van der Waals surface area contributed by atoms with Crippen molar-refractivity contribution in [3.63, 3.8) is 0 Å². The number of carbonyl (C=O) groups is 1. The number of carbonyl (C=O) groups excluding carboxylic acids is 1. The summed E-state index contributed by atoms with van der Waals surface area (Å²) < 4.78 is 12.9. The van der Waals surface area contributed by atoms with E-state index < -0.39 is 18.3 Å².